The number of halogens is 1. The molecule has 0 spiro atoms. The fraction of sp³-hybridized carbons (Fsp3) is 0.348. The number of aryl methyl sites for hydroxylation is 1. The maximum absolute atomic E-state index is 6.21. The highest BCUT2D eigenvalue weighted by atomic mass is 35.5. The third kappa shape index (κ3) is 3.85. The summed E-state index contributed by atoms with van der Waals surface area (Å²) in [6, 6.07) is 16.8. The zero-order valence-corrected chi connectivity index (χ0v) is 17.6. The Bertz CT molecular complexity index is 1040. The Kier molecular flexibility index (Phi) is 5.51. The number of nitrogens with zero attached hydrogens (tertiary/aromatic N) is 6. The number of hydrogen-bond acceptors (Lipinski definition) is 5. The van der Waals surface area contributed by atoms with Gasteiger partial charge in [0, 0.05) is 43.4 Å². The molecule has 0 saturated carbocycles. The maximum Gasteiger partial charge on any atom is 0.173 e. The largest absolute Gasteiger partial charge is 0.369 e. The molecule has 1 fully saturated rings. The van der Waals surface area contributed by atoms with Crippen molar-refractivity contribution in [3.05, 3.63) is 76.6 Å². The predicted octanol–water partition coefficient (Wildman–Crippen LogP) is 4.05. The highest BCUT2D eigenvalue weighted by molar-refractivity contribution is 6.30. The summed E-state index contributed by atoms with van der Waals surface area (Å²) in [6.45, 7) is 4.59. The van der Waals surface area contributed by atoms with Gasteiger partial charge in [-0.3, -0.25) is 4.90 Å². The number of hydrogen-bond donors (Lipinski definition) is 0. The number of anilines is 1. The molecule has 0 radical (unpaired) electrons. The van der Waals surface area contributed by atoms with Gasteiger partial charge in [-0.15, -0.1) is 5.10 Å². The van der Waals surface area contributed by atoms with Gasteiger partial charge in [-0.1, -0.05) is 54.1 Å². The summed E-state index contributed by atoms with van der Waals surface area (Å²) in [5, 5.41) is 13.6. The van der Waals surface area contributed by atoms with Crippen molar-refractivity contribution in [2.75, 3.05) is 31.1 Å². The first-order valence-electron chi connectivity index (χ1n) is 10.6. The monoisotopic (exact) mass is 420 g/mol. The van der Waals surface area contributed by atoms with Gasteiger partial charge in [-0.2, -0.15) is 0 Å². The molecule has 1 saturated heterocycles. The van der Waals surface area contributed by atoms with Gasteiger partial charge in [0.05, 0.1) is 6.04 Å². The second-order valence-corrected chi connectivity index (χ2v) is 8.28. The molecule has 1 unspecified atom stereocenters. The molecule has 0 bridgehead atoms. The van der Waals surface area contributed by atoms with Crippen LogP contribution in [-0.2, 0) is 6.54 Å². The van der Waals surface area contributed by atoms with Crippen LogP contribution in [0.3, 0.4) is 0 Å². The lowest BCUT2D eigenvalue weighted by atomic mass is 9.96. The molecular formula is C23H25ClN6. The Morgan fingerprint density at radius 2 is 1.80 bits per heavy atom. The van der Waals surface area contributed by atoms with Crippen LogP contribution in [-0.4, -0.2) is 51.3 Å². The van der Waals surface area contributed by atoms with E-state index < -0.39 is 0 Å². The second-order valence-electron chi connectivity index (χ2n) is 7.84. The lowest BCUT2D eigenvalue weighted by Crippen LogP contribution is -2.48. The van der Waals surface area contributed by atoms with E-state index in [0.717, 1.165) is 56.4 Å². The maximum atomic E-state index is 6.21. The van der Waals surface area contributed by atoms with Gasteiger partial charge >= 0.3 is 0 Å². The molecule has 30 heavy (non-hydrogen) atoms. The van der Waals surface area contributed by atoms with Gasteiger partial charge < -0.3 is 4.90 Å². The van der Waals surface area contributed by atoms with E-state index in [1.807, 2.05) is 22.9 Å². The molecule has 2 aliphatic heterocycles. The average Bonchev–Trinajstić information content (AvgIpc) is 3.23. The van der Waals surface area contributed by atoms with Crippen molar-refractivity contribution in [2.24, 2.45) is 0 Å². The first kappa shape index (κ1) is 19.3. The molecule has 154 valence electrons. The van der Waals surface area contributed by atoms with Crippen LogP contribution >= 0.6 is 11.6 Å². The van der Waals surface area contributed by atoms with E-state index in [2.05, 4.69) is 67.8 Å². The third-order valence-electron chi connectivity index (χ3n) is 5.99. The molecule has 2 aliphatic rings. The molecule has 6 nitrogen and oxygen atoms in total. The first-order valence-corrected chi connectivity index (χ1v) is 10.9. The number of piperazine rings is 1. The molecule has 2 aromatic carbocycles. The van der Waals surface area contributed by atoms with E-state index in [1.54, 1.807) is 0 Å². The minimum absolute atomic E-state index is 0.0421. The van der Waals surface area contributed by atoms with E-state index >= 15 is 0 Å². The van der Waals surface area contributed by atoms with Crippen molar-refractivity contribution < 1.29 is 0 Å². The van der Waals surface area contributed by atoms with Gasteiger partial charge in [-0.25, -0.2) is 4.68 Å². The molecule has 1 aromatic heterocycles. The lowest BCUT2D eigenvalue weighted by molar-refractivity contribution is 0.200. The second kappa shape index (κ2) is 8.58. The fourth-order valence-corrected chi connectivity index (χ4v) is 4.64. The molecule has 0 amide bonds. The van der Waals surface area contributed by atoms with E-state index in [0.29, 0.717) is 0 Å². The van der Waals surface area contributed by atoms with Crippen molar-refractivity contribution in [3.63, 3.8) is 0 Å². The van der Waals surface area contributed by atoms with E-state index in [1.165, 1.54) is 16.8 Å². The predicted molar refractivity (Wildman–Crippen MR) is 120 cm³/mol. The Morgan fingerprint density at radius 1 is 0.933 bits per heavy atom. The molecule has 7 heteroatoms. The van der Waals surface area contributed by atoms with E-state index in [4.69, 9.17) is 11.6 Å². The topological polar surface area (TPSA) is 50.1 Å². The number of benzene rings is 2. The van der Waals surface area contributed by atoms with Crippen molar-refractivity contribution in [3.8, 4) is 0 Å². The highest BCUT2D eigenvalue weighted by Crippen LogP contribution is 2.32. The standard InChI is InChI=1S/C23H25ClN6/c24-19-9-6-10-20(17-19)28-13-15-29(16-14-28)22-21-11-4-3-8-18(21)7-2-1-5-12-30-23(22)25-26-27-30/h2-4,6-11,17,22H,1,5,12-16H2/b7-2-. The Balaban J connectivity index is 1.47. The first-order chi connectivity index (χ1) is 14.8. The van der Waals surface area contributed by atoms with Crippen LogP contribution in [0.2, 0.25) is 5.02 Å². The zero-order valence-electron chi connectivity index (χ0n) is 16.9. The Morgan fingerprint density at radius 3 is 2.67 bits per heavy atom. The summed E-state index contributed by atoms with van der Waals surface area (Å²) in [5.41, 5.74) is 3.69. The Hall–Kier alpha value is -2.70. The summed E-state index contributed by atoms with van der Waals surface area (Å²) < 4.78 is 1.99. The van der Waals surface area contributed by atoms with Gasteiger partial charge in [0.2, 0.25) is 0 Å². The molecule has 5 rings (SSSR count). The smallest absolute Gasteiger partial charge is 0.173 e. The van der Waals surface area contributed by atoms with Crippen LogP contribution in [0.4, 0.5) is 5.69 Å². The van der Waals surface area contributed by atoms with Gasteiger partial charge in [0.25, 0.3) is 0 Å². The number of rotatable bonds is 2. The van der Waals surface area contributed by atoms with Gasteiger partial charge in [0.15, 0.2) is 5.82 Å². The van der Waals surface area contributed by atoms with Crippen LogP contribution < -0.4 is 4.90 Å². The molecule has 0 aliphatic carbocycles. The van der Waals surface area contributed by atoms with Crippen LogP contribution in [0.1, 0.15) is 35.8 Å². The van der Waals surface area contributed by atoms with Crippen LogP contribution in [0.5, 0.6) is 0 Å². The summed E-state index contributed by atoms with van der Waals surface area (Å²) in [5.74, 6) is 0.939. The van der Waals surface area contributed by atoms with Crippen molar-refractivity contribution in [1.82, 2.24) is 25.1 Å². The molecule has 0 N–H and O–H groups in total. The SMILES string of the molecule is Clc1cccc(N2CCN(C3c4ccccc4/C=C\CCCn4nnnc43)CC2)c1. The summed E-state index contributed by atoms with van der Waals surface area (Å²) in [7, 11) is 0. The summed E-state index contributed by atoms with van der Waals surface area (Å²) in [6.07, 6.45) is 6.58. The van der Waals surface area contributed by atoms with Gasteiger partial charge in [-0.05, 0) is 52.6 Å². The number of tetrazole rings is 1. The number of fused-ring (bicyclic) bond motifs is 2. The highest BCUT2D eigenvalue weighted by Gasteiger charge is 2.32. The van der Waals surface area contributed by atoms with Crippen molar-refractivity contribution in [1.29, 1.82) is 0 Å². The van der Waals surface area contributed by atoms with Crippen molar-refractivity contribution in [2.45, 2.75) is 25.4 Å². The van der Waals surface area contributed by atoms with Crippen LogP contribution in [0.15, 0.2) is 54.6 Å². The molecule has 3 aromatic rings. The zero-order chi connectivity index (χ0) is 20.3. The van der Waals surface area contributed by atoms with Gasteiger partial charge in [0.1, 0.15) is 0 Å². The minimum Gasteiger partial charge on any atom is -0.369 e. The number of allylic oxidation sites excluding steroid dienone is 1. The minimum atomic E-state index is 0.0421. The van der Waals surface area contributed by atoms with Crippen LogP contribution in [0, 0.1) is 0 Å². The molecular weight excluding hydrogens is 396 g/mol. The number of aromatic nitrogens is 4. The van der Waals surface area contributed by atoms with E-state index in [9.17, 15) is 0 Å². The average molecular weight is 421 g/mol. The molecule has 1 atom stereocenters. The molecule has 3 heterocycles. The Labute approximate surface area is 181 Å². The van der Waals surface area contributed by atoms with Crippen LogP contribution in [0.25, 0.3) is 6.08 Å². The lowest BCUT2D eigenvalue weighted by Gasteiger charge is -2.40. The van der Waals surface area contributed by atoms with Crippen molar-refractivity contribution >= 4 is 23.4 Å². The quantitative estimate of drug-likeness (QED) is 0.626. The summed E-state index contributed by atoms with van der Waals surface area (Å²) in [4.78, 5) is 4.91. The summed E-state index contributed by atoms with van der Waals surface area (Å²) >= 11 is 6.21. The normalized spacial score (nSPS) is 21.0. The van der Waals surface area contributed by atoms with E-state index in [-0.39, 0.29) is 6.04 Å². The fourth-order valence-electron chi connectivity index (χ4n) is 4.46. The third-order valence-corrected chi connectivity index (χ3v) is 6.22.